The van der Waals surface area contributed by atoms with Crippen LogP contribution in [0.15, 0.2) is 12.4 Å². The second kappa shape index (κ2) is 8.04. The molecule has 0 unspecified atom stereocenters. The van der Waals surface area contributed by atoms with Gasteiger partial charge in [-0.3, -0.25) is 14.6 Å². The Balaban J connectivity index is 1.88. The molecule has 0 bridgehead atoms. The predicted octanol–water partition coefficient (Wildman–Crippen LogP) is 1.90. The molecule has 1 fully saturated rings. The maximum atomic E-state index is 12.4. The smallest absolute Gasteiger partial charge is 0.274 e. The predicted molar refractivity (Wildman–Crippen MR) is 87.9 cm³/mol. The molecule has 126 valence electrons. The van der Waals surface area contributed by atoms with Crippen molar-refractivity contribution >= 4 is 11.8 Å². The Morgan fingerprint density at radius 2 is 1.96 bits per heavy atom. The molecule has 1 aromatic heterocycles. The molecule has 1 aliphatic heterocycles. The van der Waals surface area contributed by atoms with Crippen LogP contribution in [0, 0.1) is 12.8 Å². The lowest BCUT2D eigenvalue weighted by molar-refractivity contribution is -0.132. The molecule has 0 aliphatic carbocycles. The van der Waals surface area contributed by atoms with E-state index in [0.717, 1.165) is 31.6 Å². The molecule has 1 saturated heterocycles. The summed E-state index contributed by atoms with van der Waals surface area (Å²) in [5.74, 6) is 0.672. The van der Waals surface area contributed by atoms with Crippen molar-refractivity contribution in [1.82, 2.24) is 19.8 Å². The summed E-state index contributed by atoms with van der Waals surface area (Å²) >= 11 is 0. The minimum Gasteiger partial charge on any atom is -0.343 e. The Labute approximate surface area is 137 Å². The summed E-state index contributed by atoms with van der Waals surface area (Å²) in [5, 5.41) is 0. The van der Waals surface area contributed by atoms with Gasteiger partial charge in [-0.2, -0.15) is 0 Å². The number of nitrogens with zero attached hydrogens (tertiary/aromatic N) is 4. The van der Waals surface area contributed by atoms with Crippen LogP contribution in [0.25, 0.3) is 0 Å². The summed E-state index contributed by atoms with van der Waals surface area (Å²) in [6, 6.07) is 0. The van der Waals surface area contributed by atoms with Gasteiger partial charge in [0.15, 0.2) is 0 Å². The second-order valence-corrected chi connectivity index (χ2v) is 6.24. The van der Waals surface area contributed by atoms with Gasteiger partial charge in [-0.25, -0.2) is 4.98 Å². The summed E-state index contributed by atoms with van der Waals surface area (Å²) in [5.41, 5.74) is 1.11. The Kier molecular flexibility index (Phi) is 6.07. The summed E-state index contributed by atoms with van der Waals surface area (Å²) in [6.07, 6.45) is 5.59. The molecule has 0 saturated carbocycles. The maximum absolute atomic E-state index is 12.4. The lowest BCUT2D eigenvalue weighted by Crippen LogP contribution is -2.40. The van der Waals surface area contributed by atoms with Crippen molar-refractivity contribution in [3.63, 3.8) is 0 Å². The fraction of sp³-hybridized carbons (Fsp3) is 0.647. The first-order chi connectivity index (χ1) is 11.0. The first-order valence-electron chi connectivity index (χ1n) is 8.37. The number of amides is 2. The quantitative estimate of drug-likeness (QED) is 0.831. The number of rotatable bonds is 5. The molecular formula is C17H26N4O2. The average molecular weight is 318 g/mol. The summed E-state index contributed by atoms with van der Waals surface area (Å²) < 4.78 is 0. The van der Waals surface area contributed by atoms with Gasteiger partial charge in [0.25, 0.3) is 5.91 Å². The van der Waals surface area contributed by atoms with Crippen LogP contribution >= 0.6 is 0 Å². The van der Waals surface area contributed by atoms with Crippen molar-refractivity contribution in [3.8, 4) is 0 Å². The molecule has 2 rings (SSSR count). The first-order valence-corrected chi connectivity index (χ1v) is 8.37. The van der Waals surface area contributed by atoms with Gasteiger partial charge >= 0.3 is 0 Å². The number of carbonyl (C=O) groups excluding carboxylic acids is 2. The lowest BCUT2D eigenvalue weighted by atomic mass is 9.99. The largest absolute Gasteiger partial charge is 0.343 e. The molecule has 0 atom stereocenters. The summed E-state index contributed by atoms with van der Waals surface area (Å²) in [7, 11) is 0. The van der Waals surface area contributed by atoms with E-state index in [9.17, 15) is 9.59 Å². The number of aromatic nitrogens is 2. The Hall–Kier alpha value is -1.98. The normalized spacial score (nSPS) is 15.5. The van der Waals surface area contributed by atoms with Crippen molar-refractivity contribution < 1.29 is 9.59 Å². The number of carbonyl (C=O) groups is 2. The van der Waals surface area contributed by atoms with E-state index in [1.807, 2.05) is 18.7 Å². The fourth-order valence-electron chi connectivity index (χ4n) is 2.71. The highest BCUT2D eigenvalue weighted by Crippen LogP contribution is 2.16. The summed E-state index contributed by atoms with van der Waals surface area (Å²) in [4.78, 5) is 36.5. The van der Waals surface area contributed by atoms with Gasteiger partial charge in [-0.1, -0.05) is 6.92 Å². The van der Waals surface area contributed by atoms with Gasteiger partial charge in [-0.15, -0.1) is 0 Å². The van der Waals surface area contributed by atoms with Crippen molar-refractivity contribution in [1.29, 1.82) is 0 Å². The average Bonchev–Trinajstić information content (AvgIpc) is 2.56. The molecule has 6 heteroatoms. The zero-order valence-electron chi connectivity index (χ0n) is 14.3. The Morgan fingerprint density at radius 3 is 2.52 bits per heavy atom. The van der Waals surface area contributed by atoms with Crippen LogP contribution < -0.4 is 0 Å². The van der Waals surface area contributed by atoms with Gasteiger partial charge in [0.05, 0.1) is 11.9 Å². The van der Waals surface area contributed by atoms with E-state index < -0.39 is 0 Å². The highest BCUT2D eigenvalue weighted by Gasteiger charge is 2.22. The minimum atomic E-state index is -0.167. The zero-order valence-corrected chi connectivity index (χ0v) is 14.3. The standard InChI is InChI=1S/C17H26N4O2/c1-4-20(17(23)15-12-18-14(3)11-19-15)10-7-16(22)21-8-5-13(2)6-9-21/h11-13H,4-10H2,1-3H3. The molecule has 6 nitrogen and oxygen atoms in total. The third-order valence-corrected chi connectivity index (χ3v) is 4.40. The third-order valence-electron chi connectivity index (χ3n) is 4.40. The minimum absolute atomic E-state index is 0.137. The number of hydrogen-bond donors (Lipinski definition) is 0. The molecular weight excluding hydrogens is 292 g/mol. The van der Waals surface area contributed by atoms with Crippen LogP contribution in [0.2, 0.25) is 0 Å². The number of hydrogen-bond acceptors (Lipinski definition) is 4. The van der Waals surface area contributed by atoms with Crippen LogP contribution in [0.5, 0.6) is 0 Å². The van der Waals surface area contributed by atoms with Crippen LogP contribution in [0.3, 0.4) is 0 Å². The summed E-state index contributed by atoms with van der Waals surface area (Å²) in [6.45, 7) is 8.62. The van der Waals surface area contributed by atoms with Gasteiger partial charge in [0, 0.05) is 38.8 Å². The number of aryl methyl sites for hydroxylation is 1. The van der Waals surface area contributed by atoms with E-state index in [4.69, 9.17) is 0 Å². The topological polar surface area (TPSA) is 66.4 Å². The van der Waals surface area contributed by atoms with Crippen LogP contribution in [0.4, 0.5) is 0 Å². The van der Waals surface area contributed by atoms with E-state index in [1.54, 1.807) is 11.1 Å². The van der Waals surface area contributed by atoms with E-state index in [1.165, 1.54) is 6.20 Å². The molecule has 0 spiro atoms. The highest BCUT2D eigenvalue weighted by atomic mass is 16.2. The maximum Gasteiger partial charge on any atom is 0.274 e. The van der Waals surface area contributed by atoms with Gasteiger partial charge in [-0.05, 0) is 32.6 Å². The Bertz CT molecular complexity index is 536. The monoisotopic (exact) mass is 318 g/mol. The molecule has 0 radical (unpaired) electrons. The molecule has 0 N–H and O–H groups in total. The van der Waals surface area contributed by atoms with Crippen molar-refractivity contribution in [2.45, 2.75) is 40.0 Å². The second-order valence-electron chi connectivity index (χ2n) is 6.24. The molecule has 2 heterocycles. The zero-order chi connectivity index (χ0) is 16.8. The van der Waals surface area contributed by atoms with E-state index in [2.05, 4.69) is 16.9 Å². The third kappa shape index (κ3) is 4.74. The van der Waals surface area contributed by atoms with Crippen molar-refractivity contribution in [2.24, 2.45) is 5.92 Å². The van der Waals surface area contributed by atoms with Gasteiger partial charge < -0.3 is 9.80 Å². The molecule has 23 heavy (non-hydrogen) atoms. The SMILES string of the molecule is CCN(CCC(=O)N1CCC(C)CC1)C(=O)c1cnc(C)cn1. The molecule has 0 aromatic carbocycles. The molecule has 1 aliphatic rings. The van der Waals surface area contributed by atoms with Gasteiger partial charge in [0.2, 0.25) is 5.91 Å². The van der Waals surface area contributed by atoms with E-state index >= 15 is 0 Å². The van der Waals surface area contributed by atoms with E-state index in [-0.39, 0.29) is 11.8 Å². The Morgan fingerprint density at radius 1 is 1.26 bits per heavy atom. The highest BCUT2D eigenvalue weighted by molar-refractivity contribution is 5.92. The van der Waals surface area contributed by atoms with Crippen molar-refractivity contribution in [2.75, 3.05) is 26.2 Å². The number of piperidine rings is 1. The van der Waals surface area contributed by atoms with Crippen LogP contribution in [0.1, 0.15) is 49.3 Å². The van der Waals surface area contributed by atoms with E-state index in [0.29, 0.717) is 31.1 Å². The van der Waals surface area contributed by atoms with Crippen LogP contribution in [-0.2, 0) is 4.79 Å². The van der Waals surface area contributed by atoms with Gasteiger partial charge in [0.1, 0.15) is 5.69 Å². The lowest BCUT2D eigenvalue weighted by Gasteiger charge is -2.31. The fourth-order valence-corrected chi connectivity index (χ4v) is 2.71. The number of likely N-dealkylation sites (tertiary alicyclic amines) is 1. The van der Waals surface area contributed by atoms with Crippen LogP contribution in [-0.4, -0.2) is 57.8 Å². The first kappa shape index (κ1) is 17.4. The molecule has 1 aromatic rings. The molecule has 2 amide bonds. The van der Waals surface area contributed by atoms with Crippen molar-refractivity contribution in [3.05, 3.63) is 23.8 Å².